The lowest BCUT2D eigenvalue weighted by molar-refractivity contribution is -0.136. The summed E-state index contributed by atoms with van der Waals surface area (Å²) in [7, 11) is 1.50. The van der Waals surface area contributed by atoms with Gasteiger partial charge in [-0.25, -0.2) is 4.39 Å². The van der Waals surface area contributed by atoms with E-state index >= 15 is 0 Å². The summed E-state index contributed by atoms with van der Waals surface area (Å²) in [6, 6.07) is 6.50. The van der Waals surface area contributed by atoms with Gasteiger partial charge >= 0.3 is 0 Å². The molecule has 2 unspecified atom stereocenters. The Labute approximate surface area is 107 Å². The van der Waals surface area contributed by atoms with Gasteiger partial charge in [0.15, 0.2) is 0 Å². The maximum atomic E-state index is 13.8. The smallest absolute Gasteiger partial charge is 0.249 e. The summed E-state index contributed by atoms with van der Waals surface area (Å²) >= 11 is 0. The largest absolute Gasteiger partial charge is 0.375 e. The zero-order chi connectivity index (χ0) is 13.1. The molecule has 1 heterocycles. The van der Waals surface area contributed by atoms with E-state index in [1.54, 1.807) is 23.1 Å². The molecule has 1 aliphatic rings. The predicted molar refractivity (Wildman–Crippen MR) is 66.5 cm³/mol. The van der Waals surface area contributed by atoms with Crippen LogP contribution in [-0.4, -0.2) is 31.1 Å². The number of rotatable bonds is 3. The molecule has 0 aliphatic carbocycles. The fraction of sp³-hybridized carbons (Fsp3) is 0.500. The number of halogens is 1. The molecule has 0 saturated carbocycles. The van der Waals surface area contributed by atoms with Crippen molar-refractivity contribution < 1.29 is 13.9 Å². The average Bonchev–Trinajstić information content (AvgIpc) is 2.72. The lowest BCUT2D eigenvalue weighted by Gasteiger charge is -2.25. The molecule has 1 aliphatic heterocycles. The van der Waals surface area contributed by atoms with E-state index in [4.69, 9.17) is 4.74 Å². The van der Waals surface area contributed by atoms with Crippen LogP contribution in [-0.2, 0) is 9.53 Å². The Hall–Kier alpha value is -1.42. The number of benzene rings is 1. The first kappa shape index (κ1) is 13.0. The molecule has 1 aromatic carbocycles. The first-order valence-corrected chi connectivity index (χ1v) is 6.16. The van der Waals surface area contributed by atoms with Crippen LogP contribution in [0.25, 0.3) is 0 Å². The number of carbonyl (C=O) groups excluding carboxylic acids is 1. The van der Waals surface area contributed by atoms with E-state index in [2.05, 4.69) is 6.92 Å². The standard InChI is InChI=1S/C14H18FNO2/c1-10-7-13(11-5-3-4-6-12(11)15)16(8-10)14(17)9-18-2/h3-6,10,13H,7-9H2,1-2H3. The van der Waals surface area contributed by atoms with Gasteiger partial charge in [0.2, 0.25) is 5.91 Å². The van der Waals surface area contributed by atoms with Crippen LogP contribution in [0.1, 0.15) is 24.9 Å². The Morgan fingerprint density at radius 1 is 1.50 bits per heavy atom. The van der Waals surface area contributed by atoms with Crippen molar-refractivity contribution in [3.63, 3.8) is 0 Å². The number of hydrogen-bond donors (Lipinski definition) is 0. The van der Waals surface area contributed by atoms with Crippen LogP contribution in [0.3, 0.4) is 0 Å². The van der Waals surface area contributed by atoms with Gasteiger partial charge in [0, 0.05) is 19.2 Å². The second-order valence-corrected chi connectivity index (χ2v) is 4.86. The third kappa shape index (κ3) is 2.53. The first-order valence-electron chi connectivity index (χ1n) is 6.16. The highest BCUT2D eigenvalue weighted by Crippen LogP contribution is 2.36. The molecule has 18 heavy (non-hydrogen) atoms. The van der Waals surface area contributed by atoms with Crippen LogP contribution in [0.2, 0.25) is 0 Å². The third-order valence-electron chi connectivity index (χ3n) is 3.36. The monoisotopic (exact) mass is 251 g/mol. The van der Waals surface area contributed by atoms with Crippen LogP contribution < -0.4 is 0 Å². The molecule has 0 aromatic heterocycles. The van der Waals surface area contributed by atoms with Gasteiger partial charge in [-0.15, -0.1) is 0 Å². The molecular formula is C14H18FNO2. The van der Waals surface area contributed by atoms with Crippen molar-refractivity contribution >= 4 is 5.91 Å². The molecule has 0 spiro atoms. The second kappa shape index (κ2) is 5.48. The quantitative estimate of drug-likeness (QED) is 0.825. The molecule has 1 saturated heterocycles. The van der Waals surface area contributed by atoms with Gasteiger partial charge in [0.05, 0.1) is 6.04 Å². The van der Waals surface area contributed by atoms with Crippen LogP contribution in [0.5, 0.6) is 0 Å². The van der Waals surface area contributed by atoms with Gasteiger partial charge < -0.3 is 9.64 Å². The molecule has 2 atom stereocenters. The number of ether oxygens (including phenoxy) is 1. The number of amides is 1. The summed E-state index contributed by atoms with van der Waals surface area (Å²) in [5, 5.41) is 0. The molecule has 4 heteroatoms. The van der Waals surface area contributed by atoms with Crippen LogP contribution in [0, 0.1) is 11.7 Å². The molecule has 1 fully saturated rings. The van der Waals surface area contributed by atoms with E-state index in [9.17, 15) is 9.18 Å². The maximum absolute atomic E-state index is 13.8. The number of nitrogens with zero attached hydrogens (tertiary/aromatic N) is 1. The summed E-state index contributed by atoms with van der Waals surface area (Å²) in [6.45, 7) is 2.80. The van der Waals surface area contributed by atoms with Crippen LogP contribution in [0.4, 0.5) is 4.39 Å². The highest BCUT2D eigenvalue weighted by atomic mass is 19.1. The van der Waals surface area contributed by atoms with Crippen molar-refractivity contribution in [2.75, 3.05) is 20.3 Å². The Morgan fingerprint density at radius 2 is 2.22 bits per heavy atom. The molecule has 1 amide bonds. The zero-order valence-electron chi connectivity index (χ0n) is 10.7. The third-order valence-corrected chi connectivity index (χ3v) is 3.36. The average molecular weight is 251 g/mol. The highest BCUT2D eigenvalue weighted by molar-refractivity contribution is 5.78. The Balaban J connectivity index is 2.25. The van der Waals surface area contributed by atoms with Gasteiger partial charge in [0.25, 0.3) is 0 Å². The van der Waals surface area contributed by atoms with Gasteiger partial charge in [-0.05, 0) is 18.4 Å². The number of likely N-dealkylation sites (tertiary alicyclic amines) is 1. The minimum absolute atomic E-state index is 0.0532. The zero-order valence-corrected chi connectivity index (χ0v) is 10.7. The fourth-order valence-electron chi connectivity index (χ4n) is 2.57. The predicted octanol–water partition coefficient (Wildman–Crippen LogP) is 2.38. The summed E-state index contributed by atoms with van der Waals surface area (Å²) in [5.74, 6) is 0.0670. The van der Waals surface area contributed by atoms with Crippen LogP contribution in [0.15, 0.2) is 24.3 Å². The van der Waals surface area contributed by atoms with E-state index in [-0.39, 0.29) is 24.4 Å². The van der Waals surface area contributed by atoms with E-state index < -0.39 is 0 Å². The fourth-order valence-corrected chi connectivity index (χ4v) is 2.57. The minimum atomic E-state index is -0.244. The molecule has 3 nitrogen and oxygen atoms in total. The van der Waals surface area contributed by atoms with Gasteiger partial charge in [-0.3, -0.25) is 4.79 Å². The normalized spacial score (nSPS) is 23.4. The molecule has 0 N–H and O–H groups in total. The summed E-state index contributed by atoms with van der Waals surface area (Å²) in [6.07, 6.45) is 0.802. The lowest BCUT2D eigenvalue weighted by atomic mass is 10.0. The minimum Gasteiger partial charge on any atom is -0.375 e. The Kier molecular flexibility index (Phi) is 3.97. The number of hydrogen-bond acceptors (Lipinski definition) is 2. The first-order chi connectivity index (χ1) is 8.63. The summed E-state index contributed by atoms with van der Waals surface area (Å²) < 4.78 is 18.7. The van der Waals surface area contributed by atoms with E-state index in [0.29, 0.717) is 18.0 Å². The van der Waals surface area contributed by atoms with Crippen molar-refractivity contribution in [2.45, 2.75) is 19.4 Å². The topological polar surface area (TPSA) is 29.5 Å². The van der Waals surface area contributed by atoms with E-state index in [1.807, 2.05) is 0 Å². The van der Waals surface area contributed by atoms with Gasteiger partial charge in [-0.2, -0.15) is 0 Å². The molecule has 98 valence electrons. The molecule has 0 radical (unpaired) electrons. The Bertz CT molecular complexity index is 436. The Morgan fingerprint density at radius 3 is 2.89 bits per heavy atom. The van der Waals surface area contributed by atoms with Gasteiger partial charge in [-0.1, -0.05) is 25.1 Å². The van der Waals surface area contributed by atoms with E-state index in [1.165, 1.54) is 13.2 Å². The highest BCUT2D eigenvalue weighted by Gasteiger charge is 2.35. The SMILES string of the molecule is COCC(=O)N1CC(C)CC1c1ccccc1F. The van der Waals surface area contributed by atoms with Crippen molar-refractivity contribution in [3.05, 3.63) is 35.6 Å². The van der Waals surface area contributed by atoms with Gasteiger partial charge in [0.1, 0.15) is 12.4 Å². The van der Waals surface area contributed by atoms with Crippen LogP contribution >= 0.6 is 0 Å². The van der Waals surface area contributed by atoms with Crippen molar-refractivity contribution in [1.82, 2.24) is 4.90 Å². The summed E-state index contributed by atoms with van der Waals surface area (Å²) in [4.78, 5) is 13.7. The van der Waals surface area contributed by atoms with Crippen molar-refractivity contribution in [3.8, 4) is 0 Å². The maximum Gasteiger partial charge on any atom is 0.249 e. The summed E-state index contributed by atoms with van der Waals surface area (Å²) in [5.41, 5.74) is 0.603. The molecule has 1 aromatic rings. The number of methoxy groups -OCH3 is 1. The van der Waals surface area contributed by atoms with Crippen molar-refractivity contribution in [2.24, 2.45) is 5.92 Å². The number of carbonyl (C=O) groups is 1. The molecule has 2 rings (SSSR count). The van der Waals surface area contributed by atoms with E-state index in [0.717, 1.165) is 6.42 Å². The second-order valence-electron chi connectivity index (χ2n) is 4.86. The lowest BCUT2D eigenvalue weighted by Crippen LogP contribution is -2.34. The van der Waals surface area contributed by atoms with Crippen molar-refractivity contribution in [1.29, 1.82) is 0 Å². The molecule has 0 bridgehead atoms. The molecular weight excluding hydrogens is 233 g/mol.